The van der Waals surface area contributed by atoms with Gasteiger partial charge in [-0.1, -0.05) is 23.7 Å². The fourth-order valence-corrected chi connectivity index (χ4v) is 3.60. The minimum Gasteiger partial charge on any atom is -0.497 e. The minimum atomic E-state index is -3.64. The number of halogens is 1. The van der Waals surface area contributed by atoms with Crippen molar-refractivity contribution in [2.45, 2.75) is 24.3 Å². The topological polar surface area (TPSA) is 55.4 Å². The summed E-state index contributed by atoms with van der Waals surface area (Å²) >= 11 is 5.79. The Balaban J connectivity index is 2.27. The molecule has 2 rings (SSSR count). The van der Waals surface area contributed by atoms with Crippen molar-refractivity contribution in [3.05, 3.63) is 59.1 Å². The van der Waals surface area contributed by atoms with Crippen molar-refractivity contribution in [3.8, 4) is 5.75 Å². The molecule has 0 heterocycles. The fourth-order valence-electron chi connectivity index (χ4n) is 2.08. The van der Waals surface area contributed by atoms with Crippen molar-refractivity contribution in [1.82, 2.24) is 4.72 Å². The van der Waals surface area contributed by atoms with E-state index in [0.29, 0.717) is 5.02 Å². The second-order valence-electron chi connectivity index (χ2n) is 5.41. The van der Waals surface area contributed by atoms with Gasteiger partial charge in [-0.05, 0) is 55.8 Å². The maximum absolute atomic E-state index is 12.5. The van der Waals surface area contributed by atoms with Gasteiger partial charge in [0, 0.05) is 5.02 Å². The van der Waals surface area contributed by atoms with E-state index in [1.54, 1.807) is 31.4 Å². The van der Waals surface area contributed by atoms with E-state index in [0.717, 1.165) is 11.3 Å². The number of rotatable bonds is 5. The summed E-state index contributed by atoms with van der Waals surface area (Å²) in [4.78, 5) is 0.179. The normalized spacial score (nSPS) is 12.2. The summed E-state index contributed by atoms with van der Waals surface area (Å²) in [5.74, 6) is 0.722. The Morgan fingerprint density at radius 1 is 1.00 bits per heavy atom. The van der Waals surface area contributed by atoms with Crippen LogP contribution in [0.5, 0.6) is 5.75 Å². The second kappa shape index (κ2) is 6.28. The summed E-state index contributed by atoms with van der Waals surface area (Å²) in [6.45, 7) is 3.62. The zero-order chi connectivity index (χ0) is 16.4. The molecule has 0 aromatic heterocycles. The summed E-state index contributed by atoms with van der Waals surface area (Å²) in [5, 5.41) is 0.494. The van der Waals surface area contributed by atoms with Crippen molar-refractivity contribution < 1.29 is 13.2 Å². The Labute approximate surface area is 136 Å². The molecular formula is C16H18ClNO3S. The smallest absolute Gasteiger partial charge is 0.241 e. The van der Waals surface area contributed by atoms with E-state index >= 15 is 0 Å². The highest BCUT2D eigenvalue weighted by molar-refractivity contribution is 7.89. The van der Waals surface area contributed by atoms with Gasteiger partial charge in [0.15, 0.2) is 0 Å². The average molecular weight is 340 g/mol. The molecule has 0 saturated carbocycles. The molecule has 0 aliphatic heterocycles. The van der Waals surface area contributed by atoms with E-state index in [2.05, 4.69) is 4.72 Å². The van der Waals surface area contributed by atoms with Crippen LogP contribution in [0, 0.1) is 0 Å². The van der Waals surface area contributed by atoms with Crippen molar-refractivity contribution in [2.24, 2.45) is 0 Å². The highest BCUT2D eigenvalue weighted by atomic mass is 35.5. The van der Waals surface area contributed by atoms with Crippen LogP contribution < -0.4 is 9.46 Å². The second-order valence-corrected chi connectivity index (χ2v) is 7.53. The summed E-state index contributed by atoms with van der Waals surface area (Å²) < 4.78 is 32.8. The van der Waals surface area contributed by atoms with Gasteiger partial charge >= 0.3 is 0 Å². The molecule has 4 nitrogen and oxygen atoms in total. The summed E-state index contributed by atoms with van der Waals surface area (Å²) in [6.07, 6.45) is 0. The number of hydrogen-bond donors (Lipinski definition) is 1. The van der Waals surface area contributed by atoms with E-state index < -0.39 is 15.6 Å². The van der Waals surface area contributed by atoms with E-state index in [9.17, 15) is 8.42 Å². The van der Waals surface area contributed by atoms with Crippen molar-refractivity contribution in [2.75, 3.05) is 7.11 Å². The van der Waals surface area contributed by atoms with Crippen LogP contribution in [0.3, 0.4) is 0 Å². The maximum Gasteiger partial charge on any atom is 0.241 e. The Morgan fingerprint density at radius 2 is 1.55 bits per heavy atom. The number of hydrogen-bond acceptors (Lipinski definition) is 3. The molecule has 0 aliphatic carbocycles. The van der Waals surface area contributed by atoms with Gasteiger partial charge in [0.2, 0.25) is 10.0 Å². The molecule has 0 unspecified atom stereocenters. The molecule has 0 fully saturated rings. The lowest BCUT2D eigenvalue weighted by Crippen LogP contribution is -2.40. The first-order valence-corrected chi connectivity index (χ1v) is 8.55. The quantitative estimate of drug-likeness (QED) is 0.906. The van der Waals surface area contributed by atoms with Crippen LogP contribution in [0.4, 0.5) is 0 Å². The lowest BCUT2D eigenvalue weighted by atomic mass is 9.96. The summed E-state index contributed by atoms with van der Waals surface area (Å²) in [6, 6.07) is 13.3. The average Bonchev–Trinajstić information content (AvgIpc) is 2.46. The molecule has 0 atom stereocenters. The van der Waals surface area contributed by atoms with Gasteiger partial charge in [0.05, 0.1) is 17.5 Å². The Bertz CT molecular complexity index is 738. The predicted octanol–water partition coefficient (Wildman–Crippen LogP) is 3.56. The van der Waals surface area contributed by atoms with E-state index in [1.807, 2.05) is 26.0 Å². The number of benzene rings is 2. The Hall–Kier alpha value is -1.56. The highest BCUT2D eigenvalue weighted by Crippen LogP contribution is 2.25. The van der Waals surface area contributed by atoms with Crippen LogP contribution in [-0.2, 0) is 15.6 Å². The highest BCUT2D eigenvalue weighted by Gasteiger charge is 2.27. The van der Waals surface area contributed by atoms with Crippen LogP contribution in [0.15, 0.2) is 53.4 Å². The first-order valence-electron chi connectivity index (χ1n) is 6.69. The molecule has 0 spiro atoms. The molecule has 1 N–H and O–H groups in total. The number of sulfonamides is 1. The van der Waals surface area contributed by atoms with Gasteiger partial charge in [0.25, 0.3) is 0 Å². The standard InChI is InChI=1S/C16H18ClNO3S/c1-16(2,12-4-8-14(21-3)9-5-12)18-22(19,20)15-10-6-13(17)7-11-15/h4-11,18H,1-3H3. The molecule has 22 heavy (non-hydrogen) atoms. The van der Waals surface area contributed by atoms with Gasteiger partial charge in [-0.2, -0.15) is 0 Å². The monoisotopic (exact) mass is 339 g/mol. The fraction of sp³-hybridized carbons (Fsp3) is 0.250. The molecule has 0 saturated heterocycles. The van der Waals surface area contributed by atoms with Crippen LogP contribution in [0.2, 0.25) is 5.02 Å². The first-order chi connectivity index (χ1) is 10.2. The first kappa shape index (κ1) is 16.8. The molecule has 2 aromatic rings. The van der Waals surface area contributed by atoms with Crippen molar-refractivity contribution >= 4 is 21.6 Å². The molecule has 0 bridgehead atoms. The minimum absolute atomic E-state index is 0.179. The molecule has 0 amide bonds. The molecule has 6 heteroatoms. The van der Waals surface area contributed by atoms with Crippen LogP contribution >= 0.6 is 11.6 Å². The van der Waals surface area contributed by atoms with Crippen LogP contribution in [-0.4, -0.2) is 15.5 Å². The zero-order valence-electron chi connectivity index (χ0n) is 12.6. The van der Waals surface area contributed by atoms with Crippen molar-refractivity contribution in [1.29, 1.82) is 0 Å². The lowest BCUT2D eigenvalue weighted by molar-refractivity contribution is 0.413. The van der Waals surface area contributed by atoms with Gasteiger partial charge in [-0.25, -0.2) is 13.1 Å². The van der Waals surface area contributed by atoms with Gasteiger partial charge < -0.3 is 4.74 Å². The number of ether oxygens (including phenoxy) is 1. The van der Waals surface area contributed by atoms with Gasteiger partial charge in [-0.15, -0.1) is 0 Å². The lowest BCUT2D eigenvalue weighted by Gasteiger charge is -2.26. The molecule has 0 radical (unpaired) electrons. The summed E-state index contributed by atoms with van der Waals surface area (Å²) in [5.41, 5.74) is 0.0796. The number of methoxy groups -OCH3 is 1. The SMILES string of the molecule is COc1ccc(C(C)(C)NS(=O)(=O)c2ccc(Cl)cc2)cc1. The largest absolute Gasteiger partial charge is 0.497 e. The zero-order valence-corrected chi connectivity index (χ0v) is 14.2. The maximum atomic E-state index is 12.5. The van der Waals surface area contributed by atoms with Gasteiger partial charge in [-0.3, -0.25) is 0 Å². The van der Waals surface area contributed by atoms with Crippen LogP contribution in [0.1, 0.15) is 19.4 Å². The summed E-state index contributed by atoms with van der Waals surface area (Å²) in [7, 11) is -2.05. The molecule has 2 aromatic carbocycles. The van der Waals surface area contributed by atoms with Crippen LogP contribution in [0.25, 0.3) is 0 Å². The van der Waals surface area contributed by atoms with E-state index in [1.165, 1.54) is 12.1 Å². The third-order valence-corrected chi connectivity index (χ3v) is 5.25. The van der Waals surface area contributed by atoms with E-state index in [4.69, 9.17) is 16.3 Å². The Morgan fingerprint density at radius 3 is 2.05 bits per heavy atom. The molecule has 118 valence electrons. The third kappa shape index (κ3) is 3.80. The molecule has 0 aliphatic rings. The predicted molar refractivity (Wildman–Crippen MR) is 87.8 cm³/mol. The van der Waals surface area contributed by atoms with Gasteiger partial charge in [0.1, 0.15) is 5.75 Å². The number of nitrogens with one attached hydrogen (secondary N) is 1. The third-order valence-electron chi connectivity index (χ3n) is 3.33. The van der Waals surface area contributed by atoms with Crippen molar-refractivity contribution in [3.63, 3.8) is 0 Å². The Kier molecular flexibility index (Phi) is 4.80. The molecular weight excluding hydrogens is 322 g/mol. The van der Waals surface area contributed by atoms with E-state index in [-0.39, 0.29) is 4.90 Å².